The van der Waals surface area contributed by atoms with Crippen molar-refractivity contribution in [2.75, 3.05) is 5.33 Å². The van der Waals surface area contributed by atoms with Crippen LogP contribution in [0.5, 0.6) is 0 Å². The Kier molecular flexibility index (Phi) is 6.19. The Morgan fingerprint density at radius 3 is 2.44 bits per heavy atom. The van der Waals surface area contributed by atoms with Gasteiger partial charge in [0.25, 0.3) is 0 Å². The molecule has 1 rings (SSSR count). The normalized spacial score (nSPS) is 14.8. The molecule has 0 aliphatic carbocycles. The predicted octanol–water partition coefficient (Wildman–Crippen LogP) is 4.91. The second kappa shape index (κ2) is 6.95. The van der Waals surface area contributed by atoms with Gasteiger partial charge >= 0.3 is 0 Å². The molecule has 0 fully saturated rings. The van der Waals surface area contributed by atoms with Crippen LogP contribution in [0.4, 0.5) is 0 Å². The van der Waals surface area contributed by atoms with Crippen molar-refractivity contribution >= 4 is 27.5 Å². The summed E-state index contributed by atoms with van der Waals surface area (Å²) in [6.45, 7) is 6.49. The number of unbranched alkanes of at least 4 members (excludes halogenated alkanes) is 1. The van der Waals surface area contributed by atoms with Gasteiger partial charge in [0.1, 0.15) is 0 Å². The molecule has 0 saturated carbocycles. The van der Waals surface area contributed by atoms with Crippen molar-refractivity contribution in [1.29, 1.82) is 0 Å². The van der Waals surface area contributed by atoms with Crippen LogP contribution < -0.4 is 0 Å². The molecular weight excluding hydrogens is 312 g/mol. The number of halogens is 2. The predicted molar refractivity (Wildman–Crippen MR) is 82.7 cm³/mol. The highest BCUT2D eigenvalue weighted by atomic mass is 79.9. The first-order valence-electron chi connectivity index (χ1n) is 6.73. The highest BCUT2D eigenvalue weighted by Crippen LogP contribution is 2.37. The number of hydrogen-bond acceptors (Lipinski definition) is 1. The summed E-state index contributed by atoms with van der Waals surface area (Å²) in [4.78, 5) is 0. The third kappa shape index (κ3) is 3.51. The average Bonchev–Trinajstić information content (AvgIpc) is 2.61. The summed E-state index contributed by atoms with van der Waals surface area (Å²) in [5.41, 5.74) is 2.41. The van der Waals surface area contributed by atoms with Crippen LogP contribution in [-0.2, 0) is 13.5 Å². The average molecular weight is 336 g/mol. The Bertz CT molecular complexity index is 383. The minimum atomic E-state index is 0.305. The summed E-state index contributed by atoms with van der Waals surface area (Å²) in [7, 11) is 1.99. The van der Waals surface area contributed by atoms with Crippen LogP contribution in [-0.4, -0.2) is 15.1 Å². The minimum absolute atomic E-state index is 0.305. The molecule has 2 nitrogen and oxygen atoms in total. The van der Waals surface area contributed by atoms with Crippen molar-refractivity contribution in [3.63, 3.8) is 0 Å². The van der Waals surface area contributed by atoms with Crippen LogP contribution in [0.3, 0.4) is 0 Å². The lowest BCUT2D eigenvalue weighted by atomic mass is 9.78. The first kappa shape index (κ1) is 16.0. The molecule has 104 valence electrons. The van der Waals surface area contributed by atoms with Crippen molar-refractivity contribution in [2.45, 2.75) is 52.9 Å². The Hall–Kier alpha value is -0.0200. The molecule has 1 unspecified atom stereocenters. The van der Waals surface area contributed by atoms with Gasteiger partial charge in [-0.2, -0.15) is 5.10 Å². The van der Waals surface area contributed by atoms with E-state index in [2.05, 4.69) is 34.9 Å². The molecule has 0 radical (unpaired) electrons. The SMILES string of the molecule is CCCCC(CC)(CBr)Cc1c(Cl)c(C)nn1C. The molecule has 0 aromatic carbocycles. The van der Waals surface area contributed by atoms with Crippen molar-refractivity contribution in [2.24, 2.45) is 12.5 Å². The summed E-state index contributed by atoms with van der Waals surface area (Å²) in [6, 6.07) is 0. The maximum Gasteiger partial charge on any atom is 0.0847 e. The van der Waals surface area contributed by atoms with Crippen molar-refractivity contribution in [3.8, 4) is 0 Å². The minimum Gasteiger partial charge on any atom is -0.271 e. The van der Waals surface area contributed by atoms with E-state index in [0.29, 0.717) is 5.41 Å². The van der Waals surface area contributed by atoms with Gasteiger partial charge in [-0.05, 0) is 31.6 Å². The smallest absolute Gasteiger partial charge is 0.0847 e. The zero-order chi connectivity index (χ0) is 13.8. The first-order chi connectivity index (χ1) is 8.49. The van der Waals surface area contributed by atoms with Crippen LogP contribution in [0, 0.1) is 12.3 Å². The quantitative estimate of drug-likeness (QED) is 0.648. The van der Waals surface area contributed by atoms with Gasteiger partial charge in [-0.1, -0.05) is 54.2 Å². The van der Waals surface area contributed by atoms with E-state index in [-0.39, 0.29) is 0 Å². The fourth-order valence-electron chi connectivity index (χ4n) is 2.38. The Morgan fingerprint density at radius 2 is 2.06 bits per heavy atom. The van der Waals surface area contributed by atoms with Gasteiger partial charge in [0.15, 0.2) is 0 Å². The monoisotopic (exact) mass is 334 g/mol. The Morgan fingerprint density at radius 1 is 1.39 bits per heavy atom. The molecule has 4 heteroatoms. The van der Waals surface area contributed by atoms with E-state index in [0.717, 1.165) is 22.5 Å². The van der Waals surface area contributed by atoms with E-state index in [4.69, 9.17) is 11.6 Å². The maximum atomic E-state index is 6.37. The van der Waals surface area contributed by atoms with E-state index in [1.165, 1.54) is 31.4 Å². The Labute approximate surface area is 124 Å². The van der Waals surface area contributed by atoms with Crippen molar-refractivity contribution in [1.82, 2.24) is 9.78 Å². The van der Waals surface area contributed by atoms with Crippen LogP contribution >= 0.6 is 27.5 Å². The zero-order valence-corrected chi connectivity index (χ0v) is 14.2. The fourth-order valence-corrected chi connectivity index (χ4v) is 3.48. The van der Waals surface area contributed by atoms with Crippen LogP contribution in [0.2, 0.25) is 5.02 Å². The zero-order valence-electron chi connectivity index (χ0n) is 11.9. The number of nitrogens with zero attached hydrogens (tertiary/aromatic N) is 2. The molecule has 0 spiro atoms. The van der Waals surface area contributed by atoms with Gasteiger partial charge in [-0.3, -0.25) is 4.68 Å². The second-order valence-corrected chi connectivity index (χ2v) is 6.18. The Balaban J connectivity index is 2.95. The van der Waals surface area contributed by atoms with Crippen LogP contribution in [0.1, 0.15) is 50.9 Å². The van der Waals surface area contributed by atoms with Crippen molar-refractivity contribution in [3.05, 3.63) is 16.4 Å². The van der Waals surface area contributed by atoms with E-state index < -0.39 is 0 Å². The number of aromatic nitrogens is 2. The summed E-state index contributed by atoms with van der Waals surface area (Å²) in [5, 5.41) is 6.28. The van der Waals surface area contributed by atoms with Gasteiger partial charge in [-0.25, -0.2) is 0 Å². The van der Waals surface area contributed by atoms with E-state index in [9.17, 15) is 0 Å². The lowest BCUT2D eigenvalue weighted by molar-refractivity contribution is 0.277. The number of alkyl halides is 1. The maximum absolute atomic E-state index is 6.37. The van der Waals surface area contributed by atoms with Gasteiger partial charge < -0.3 is 0 Å². The molecule has 0 aliphatic heterocycles. The fraction of sp³-hybridized carbons (Fsp3) is 0.786. The van der Waals surface area contributed by atoms with Gasteiger partial charge in [0.2, 0.25) is 0 Å². The molecule has 1 aromatic heterocycles. The third-order valence-electron chi connectivity index (χ3n) is 3.90. The van der Waals surface area contributed by atoms with E-state index in [1.54, 1.807) is 0 Å². The molecule has 0 saturated heterocycles. The number of rotatable bonds is 7. The van der Waals surface area contributed by atoms with Crippen LogP contribution in [0.15, 0.2) is 0 Å². The molecule has 0 amide bonds. The van der Waals surface area contributed by atoms with Gasteiger partial charge in [0.05, 0.1) is 16.4 Å². The van der Waals surface area contributed by atoms with E-state index >= 15 is 0 Å². The number of hydrogen-bond donors (Lipinski definition) is 0. The van der Waals surface area contributed by atoms with Crippen LogP contribution in [0.25, 0.3) is 0 Å². The summed E-state index contributed by atoms with van der Waals surface area (Å²) in [5.74, 6) is 0. The molecule has 0 N–H and O–H groups in total. The second-order valence-electron chi connectivity index (χ2n) is 5.24. The van der Waals surface area contributed by atoms with Gasteiger partial charge in [0, 0.05) is 12.4 Å². The lowest BCUT2D eigenvalue weighted by Gasteiger charge is -2.31. The topological polar surface area (TPSA) is 17.8 Å². The molecule has 1 heterocycles. The molecule has 18 heavy (non-hydrogen) atoms. The molecule has 1 atom stereocenters. The highest BCUT2D eigenvalue weighted by Gasteiger charge is 2.29. The summed E-state index contributed by atoms with van der Waals surface area (Å²) in [6.07, 6.45) is 5.93. The molecule has 1 aromatic rings. The largest absolute Gasteiger partial charge is 0.271 e. The first-order valence-corrected chi connectivity index (χ1v) is 8.23. The number of aryl methyl sites for hydroxylation is 2. The van der Waals surface area contributed by atoms with Gasteiger partial charge in [-0.15, -0.1) is 0 Å². The summed E-state index contributed by atoms with van der Waals surface area (Å²) >= 11 is 10.1. The standard InChI is InChI=1S/C14H24BrClN2/c1-5-7-8-14(6-2,10-15)9-12-13(16)11(3)17-18(12)4/h5-10H2,1-4H3. The highest BCUT2D eigenvalue weighted by molar-refractivity contribution is 9.09. The molecule has 0 aliphatic rings. The summed E-state index contributed by atoms with van der Waals surface area (Å²) < 4.78 is 1.94. The molecule has 0 bridgehead atoms. The third-order valence-corrected chi connectivity index (χ3v) is 5.58. The lowest BCUT2D eigenvalue weighted by Crippen LogP contribution is -2.26. The molecular formula is C14H24BrClN2. The van der Waals surface area contributed by atoms with Crippen molar-refractivity contribution < 1.29 is 0 Å². The van der Waals surface area contributed by atoms with E-state index in [1.807, 2.05) is 18.7 Å².